The fraction of sp³-hybridized carbons (Fsp3) is 0.500. The summed E-state index contributed by atoms with van der Waals surface area (Å²) < 4.78 is -1.80. The molecule has 0 bridgehead atoms. The zero-order valence-electron chi connectivity index (χ0n) is 13.8. The van der Waals surface area contributed by atoms with Gasteiger partial charge in [-0.2, -0.15) is 0 Å². The number of hydrogen-bond donors (Lipinski definition) is 4. The molecule has 0 saturated heterocycles. The molecule has 1 amide bonds. The van der Waals surface area contributed by atoms with Crippen LogP contribution in [0.15, 0.2) is 24.3 Å². The molecule has 5 nitrogen and oxygen atoms in total. The van der Waals surface area contributed by atoms with Gasteiger partial charge in [-0.3, -0.25) is 4.79 Å². The highest BCUT2D eigenvalue weighted by Crippen LogP contribution is 2.29. The number of nitrogens with one attached hydrogen (secondary N) is 3. The second-order valence-electron chi connectivity index (χ2n) is 5.47. The number of aromatic hydroxyl groups is 1. The summed E-state index contributed by atoms with van der Waals surface area (Å²) in [6.45, 7) is 2.10. The molecule has 0 saturated carbocycles. The molecular weight excluding hydrogens is 405 g/mol. The van der Waals surface area contributed by atoms with Gasteiger partial charge < -0.3 is 21.1 Å². The maximum absolute atomic E-state index is 12.0. The number of para-hydroxylation sites is 2. The highest BCUT2D eigenvalue weighted by molar-refractivity contribution is 7.80. The Morgan fingerprint density at radius 2 is 1.88 bits per heavy atom. The number of hydrogen-bond acceptors (Lipinski definition) is 3. The van der Waals surface area contributed by atoms with Gasteiger partial charge in [0.2, 0.25) is 9.70 Å². The van der Waals surface area contributed by atoms with Crippen LogP contribution in [0.4, 0.5) is 5.69 Å². The first kappa shape index (κ1) is 22.1. The second-order valence-corrected chi connectivity index (χ2v) is 8.25. The van der Waals surface area contributed by atoms with Gasteiger partial charge in [0.1, 0.15) is 11.9 Å². The van der Waals surface area contributed by atoms with Crippen LogP contribution in [-0.4, -0.2) is 26.1 Å². The second kappa shape index (κ2) is 10.9. The maximum Gasteiger partial charge on any atom is 0.228 e. The van der Waals surface area contributed by atoms with Crippen LogP contribution in [0.25, 0.3) is 0 Å². The van der Waals surface area contributed by atoms with Gasteiger partial charge in [-0.25, -0.2) is 0 Å². The summed E-state index contributed by atoms with van der Waals surface area (Å²) in [5.74, 6) is -0.206. The lowest BCUT2D eigenvalue weighted by Gasteiger charge is -2.28. The van der Waals surface area contributed by atoms with Gasteiger partial charge in [0, 0.05) is 6.42 Å². The molecule has 1 rings (SSSR count). The van der Waals surface area contributed by atoms with Crippen molar-refractivity contribution in [3.63, 3.8) is 0 Å². The van der Waals surface area contributed by atoms with Crippen molar-refractivity contribution >= 4 is 63.7 Å². The van der Waals surface area contributed by atoms with Crippen LogP contribution in [0.5, 0.6) is 5.75 Å². The number of thiocarbonyl (C=S) groups is 1. The van der Waals surface area contributed by atoms with Crippen molar-refractivity contribution in [3.8, 4) is 5.75 Å². The smallest absolute Gasteiger partial charge is 0.228 e. The summed E-state index contributed by atoms with van der Waals surface area (Å²) in [4.78, 5) is 12.0. The molecule has 9 heteroatoms. The van der Waals surface area contributed by atoms with E-state index < -0.39 is 9.96 Å². The molecule has 1 aromatic carbocycles. The molecule has 0 radical (unpaired) electrons. The Morgan fingerprint density at radius 1 is 1.20 bits per heavy atom. The van der Waals surface area contributed by atoms with Crippen molar-refractivity contribution < 1.29 is 9.90 Å². The number of rotatable bonds is 8. The number of amides is 1. The van der Waals surface area contributed by atoms with Crippen LogP contribution in [0.3, 0.4) is 0 Å². The molecule has 0 spiro atoms. The van der Waals surface area contributed by atoms with Crippen LogP contribution < -0.4 is 16.0 Å². The van der Waals surface area contributed by atoms with E-state index in [0.29, 0.717) is 12.1 Å². The molecule has 0 aliphatic carbocycles. The standard InChI is InChI=1S/C16H22Cl3N3O2S/c1-2-3-4-5-10-13(24)21-14(16(17,18)19)22-15(25)20-11-8-6-7-9-12(11)23/h6-9,14,23H,2-5,10H2,1H3,(H,21,24)(H2,20,22,25)/t14-/m1/s1. The third-order valence-electron chi connectivity index (χ3n) is 3.32. The number of phenols is 1. The number of halogens is 3. The van der Waals surface area contributed by atoms with Gasteiger partial charge in [-0.05, 0) is 30.8 Å². The topological polar surface area (TPSA) is 73.4 Å². The minimum Gasteiger partial charge on any atom is -0.506 e. The minimum absolute atomic E-state index is 0.0250. The van der Waals surface area contributed by atoms with Gasteiger partial charge in [0.25, 0.3) is 0 Å². The number of phenolic OH excluding ortho intramolecular Hbond substituents is 1. The Labute approximate surface area is 168 Å². The Bertz CT molecular complexity index is 582. The number of anilines is 1. The van der Waals surface area contributed by atoms with E-state index in [1.54, 1.807) is 18.2 Å². The van der Waals surface area contributed by atoms with Crippen LogP contribution in [0, 0.1) is 0 Å². The monoisotopic (exact) mass is 425 g/mol. The fourth-order valence-corrected chi connectivity index (χ4v) is 2.57. The molecule has 0 unspecified atom stereocenters. The van der Waals surface area contributed by atoms with E-state index in [0.717, 1.165) is 25.7 Å². The Kier molecular flexibility index (Phi) is 9.64. The third kappa shape index (κ3) is 8.81. The van der Waals surface area contributed by atoms with E-state index >= 15 is 0 Å². The normalized spacial score (nSPS) is 12.3. The van der Waals surface area contributed by atoms with Crippen molar-refractivity contribution in [2.75, 3.05) is 5.32 Å². The average molecular weight is 427 g/mol. The molecule has 1 atom stereocenters. The molecule has 0 aliphatic rings. The predicted octanol–water partition coefficient (Wildman–Crippen LogP) is 4.46. The van der Waals surface area contributed by atoms with Crippen molar-refractivity contribution in [2.45, 2.75) is 49.0 Å². The number of alkyl halides is 3. The van der Waals surface area contributed by atoms with Gasteiger partial charge >= 0.3 is 0 Å². The summed E-state index contributed by atoms with van der Waals surface area (Å²) >= 11 is 22.9. The van der Waals surface area contributed by atoms with E-state index in [4.69, 9.17) is 47.0 Å². The Hall–Kier alpha value is -0.950. The van der Waals surface area contributed by atoms with Crippen molar-refractivity contribution in [3.05, 3.63) is 24.3 Å². The van der Waals surface area contributed by atoms with Crippen LogP contribution in [0.1, 0.15) is 39.0 Å². The van der Waals surface area contributed by atoms with E-state index in [2.05, 4.69) is 22.9 Å². The van der Waals surface area contributed by atoms with Crippen molar-refractivity contribution in [2.24, 2.45) is 0 Å². The summed E-state index contributed by atoms with van der Waals surface area (Å²) in [6, 6.07) is 6.56. The fourth-order valence-electron chi connectivity index (χ4n) is 2.01. The molecule has 0 aliphatic heterocycles. The minimum atomic E-state index is -1.80. The van der Waals surface area contributed by atoms with Crippen LogP contribution in [0.2, 0.25) is 0 Å². The van der Waals surface area contributed by atoms with Gasteiger partial charge in [-0.1, -0.05) is 73.1 Å². The molecular formula is C16H22Cl3N3O2S. The Balaban J connectivity index is 2.59. The highest BCUT2D eigenvalue weighted by Gasteiger charge is 2.34. The summed E-state index contributed by atoms with van der Waals surface area (Å²) in [5, 5.41) is 18.0. The van der Waals surface area contributed by atoms with Gasteiger partial charge in [0.15, 0.2) is 5.11 Å². The number of carbonyl (C=O) groups is 1. The van der Waals surface area contributed by atoms with E-state index in [9.17, 15) is 9.90 Å². The molecule has 4 N–H and O–H groups in total. The van der Waals surface area contributed by atoms with Crippen molar-refractivity contribution in [1.29, 1.82) is 0 Å². The quantitative estimate of drug-likeness (QED) is 0.162. The summed E-state index contributed by atoms with van der Waals surface area (Å²) in [6.07, 6.45) is 3.25. The average Bonchev–Trinajstić information content (AvgIpc) is 2.52. The summed E-state index contributed by atoms with van der Waals surface area (Å²) in [5.41, 5.74) is 0.397. The molecule has 25 heavy (non-hydrogen) atoms. The lowest BCUT2D eigenvalue weighted by Crippen LogP contribution is -2.56. The number of benzene rings is 1. The first-order valence-corrected chi connectivity index (χ1v) is 9.49. The first-order chi connectivity index (χ1) is 11.7. The van der Waals surface area contributed by atoms with Crippen molar-refractivity contribution in [1.82, 2.24) is 10.6 Å². The Morgan fingerprint density at radius 3 is 2.48 bits per heavy atom. The largest absolute Gasteiger partial charge is 0.506 e. The lowest BCUT2D eigenvalue weighted by molar-refractivity contribution is -0.122. The molecule has 0 fully saturated rings. The number of carbonyl (C=O) groups excluding carboxylic acids is 1. The van der Waals surface area contributed by atoms with E-state index in [1.807, 2.05) is 0 Å². The zero-order valence-corrected chi connectivity index (χ0v) is 16.9. The lowest BCUT2D eigenvalue weighted by atomic mass is 10.1. The zero-order chi connectivity index (χ0) is 18.9. The molecule has 0 aromatic heterocycles. The molecule has 1 aromatic rings. The highest BCUT2D eigenvalue weighted by atomic mass is 35.6. The maximum atomic E-state index is 12.0. The number of unbranched alkanes of at least 4 members (excludes halogenated alkanes) is 3. The molecule has 0 heterocycles. The van der Waals surface area contributed by atoms with E-state index in [1.165, 1.54) is 6.07 Å². The van der Waals surface area contributed by atoms with Crippen LogP contribution >= 0.6 is 47.0 Å². The SMILES string of the molecule is CCCCCCC(=O)N[C@H](NC(=S)Nc1ccccc1O)C(Cl)(Cl)Cl. The third-order valence-corrected chi connectivity index (χ3v) is 4.19. The predicted molar refractivity (Wildman–Crippen MR) is 108 cm³/mol. The van der Waals surface area contributed by atoms with Gasteiger partial charge in [-0.15, -0.1) is 0 Å². The van der Waals surface area contributed by atoms with Crippen LogP contribution in [-0.2, 0) is 4.79 Å². The first-order valence-electron chi connectivity index (χ1n) is 7.95. The van der Waals surface area contributed by atoms with Gasteiger partial charge in [0.05, 0.1) is 5.69 Å². The van der Waals surface area contributed by atoms with E-state index in [-0.39, 0.29) is 16.8 Å². The molecule has 140 valence electrons. The summed E-state index contributed by atoms with van der Waals surface area (Å²) in [7, 11) is 0.